The summed E-state index contributed by atoms with van der Waals surface area (Å²) in [6.07, 6.45) is 0.0993. The minimum Gasteiger partial charge on any atom is -0.493 e. The molecule has 2 heterocycles. The standard InChI is InChI=1S/C26H29N3O7/c1-34-21-10-5-9-19-15-22(36-23(19)21)24(31)27-20(16-30)25(32)28-11-6-12-29(14-13-28)26(33)35-17-18-7-3-2-4-8-18/h2-5,7-10,15,20,30H,6,11-14,16-17H2,1H3,(H,27,31)/t20-/m0/s1. The molecule has 0 aliphatic carbocycles. The average Bonchev–Trinajstić information content (AvgIpc) is 3.20. The maximum atomic E-state index is 13.1. The fraction of sp³-hybridized carbons (Fsp3) is 0.346. The lowest BCUT2D eigenvalue weighted by molar-refractivity contribution is -0.134. The number of hydrogen-bond acceptors (Lipinski definition) is 7. The zero-order valence-electron chi connectivity index (χ0n) is 20.0. The van der Waals surface area contributed by atoms with Gasteiger partial charge < -0.3 is 34.1 Å². The highest BCUT2D eigenvalue weighted by molar-refractivity contribution is 5.99. The van der Waals surface area contributed by atoms with Gasteiger partial charge in [-0.15, -0.1) is 0 Å². The van der Waals surface area contributed by atoms with E-state index in [2.05, 4.69) is 5.32 Å². The summed E-state index contributed by atoms with van der Waals surface area (Å²) in [4.78, 5) is 41.4. The number of ether oxygens (including phenoxy) is 2. The Labute approximate surface area is 208 Å². The first kappa shape index (κ1) is 25.1. The monoisotopic (exact) mass is 495 g/mol. The number of hydrogen-bond donors (Lipinski definition) is 2. The molecule has 4 rings (SSSR count). The van der Waals surface area contributed by atoms with Crippen molar-refractivity contribution in [2.45, 2.75) is 19.1 Å². The largest absolute Gasteiger partial charge is 0.493 e. The van der Waals surface area contributed by atoms with E-state index in [1.165, 1.54) is 12.0 Å². The highest BCUT2D eigenvalue weighted by Crippen LogP contribution is 2.28. The van der Waals surface area contributed by atoms with Crippen molar-refractivity contribution in [1.82, 2.24) is 15.1 Å². The first-order valence-electron chi connectivity index (χ1n) is 11.7. The van der Waals surface area contributed by atoms with Crippen LogP contribution in [0.1, 0.15) is 22.5 Å². The molecule has 2 N–H and O–H groups in total. The van der Waals surface area contributed by atoms with Crippen molar-refractivity contribution >= 4 is 28.9 Å². The van der Waals surface area contributed by atoms with E-state index in [1.54, 1.807) is 29.2 Å². The van der Waals surface area contributed by atoms with Crippen LogP contribution in [0.2, 0.25) is 0 Å². The number of furan rings is 1. The molecule has 10 heteroatoms. The van der Waals surface area contributed by atoms with Crippen LogP contribution in [0.15, 0.2) is 59.0 Å². The van der Waals surface area contributed by atoms with Crippen LogP contribution in [0.25, 0.3) is 11.0 Å². The third-order valence-electron chi connectivity index (χ3n) is 6.01. The first-order valence-corrected chi connectivity index (χ1v) is 11.7. The lowest BCUT2D eigenvalue weighted by atomic mass is 10.2. The van der Waals surface area contributed by atoms with Crippen molar-refractivity contribution in [2.75, 3.05) is 39.9 Å². The second-order valence-corrected chi connectivity index (χ2v) is 8.40. The second-order valence-electron chi connectivity index (χ2n) is 8.40. The molecule has 1 saturated heterocycles. The predicted octanol–water partition coefficient (Wildman–Crippen LogP) is 2.40. The van der Waals surface area contributed by atoms with Crippen molar-refractivity contribution < 1.29 is 33.4 Å². The second kappa shape index (κ2) is 11.6. The number of methoxy groups -OCH3 is 1. The van der Waals surface area contributed by atoms with Crippen LogP contribution in [0.4, 0.5) is 4.79 Å². The summed E-state index contributed by atoms with van der Waals surface area (Å²) in [6, 6.07) is 15.1. The molecule has 1 fully saturated rings. The Balaban J connectivity index is 1.33. The summed E-state index contributed by atoms with van der Waals surface area (Å²) in [5, 5.41) is 13.1. The van der Waals surface area contributed by atoms with Crippen LogP contribution in [0.5, 0.6) is 5.75 Å². The molecule has 0 bridgehead atoms. The molecule has 3 amide bonds. The summed E-state index contributed by atoms with van der Waals surface area (Å²) in [5.74, 6) is -0.567. The Bertz CT molecular complexity index is 1210. The van der Waals surface area contributed by atoms with Gasteiger partial charge in [0.05, 0.1) is 13.7 Å². The van der Waals surface area contributed by atoms with Crippen LogP contribution >= 0.6 is 0 Å². The molecule has 0 unspecified atom stereocenters. The summed E-state index contributed by atoms with van der Waals surface area (Å²) in [5.41, 5.74) is 1.31. The predicted molar refractivity (Wildman–Crippen MR) is 131 cm³/mol. The topological polar surface area (TPSA) is 122 Å². The van der Waals surface area contributed by atoms with Crippen molar-refractivity contribution in [3.63, 3.8) is 0 Å². The van der Waals surface area contributed by atoms with Crippen molar-refractivity contribution in [3.8, 4) is 5.75 Å². The molecule has 1 atom stereocenters. The maximum Gasteiger partial charge on any atom is 0.410 e. The van der Waals surface area contributed by atoms with Gasteiger partial charge in [0.25, 0.3) is 5.91 Å². The van der Waals surface area contributed by atoms with Gasteiger partial charge in [-0.05, 0) is 24.1 Å². The molecule has 10 nitrogen and oxygen atoms in total. The van der Waals surface area contributed by atoms with Gasteiger partial charge in [0.2, 0.25) is 5.91 Å². The molecule has 36 heavy (non-hydrogen) atoms. The molecule has 0 radical (unpaired) electrons. The van der Waals surface area contributed by atoms with Crippen molar-refractivity contribution in [3.05, 3.63) is 65.9 Å². The molecule has 2 aromatic carbocycles. The van der Waals surface area contributed by atoms with Gasteiger partial charge in [-0.3, -0.25) is 9.59 Å². The zero-order chi connectivity index (χ0) is 25.5. The summed E-state index contributed by atoms with van der Waals surface area (Å²) in [6.45, 7) is 0.963. The lowest BCUT2D eigenvalue weighted by Crippen LogP contribution is -2.51. The molecule has 1 aromatic heterocycles. The number of nitrogens with zero attached hydrogens (tertiary/aromatic N) is 2. The van der Waals surface area contributed by atoms with E-state index in [4.69, 9.17) is 13.9 Å². The van der Waals surface area contributed by atoms with E-state index in [0.717, 1.165) is 5.56 Å². The van der Waals surface area contributed by atoms with Gasteiger partial charge in [-0.25, -0.2) is 4.79 Å². The average molecular weight is 496 g/mol. The Hall–Kier alpha value is -4.05. The van der Waals surface area contributed by atoms with Crippen LogP contribution in [0.3, 0.4) is 0 Å². The van der Waals surface area contributed by atoms with Crippen LogP contribution in [0, 0.1) is 0 Å². The third kappa shape index (κ3) is 5.77. The van der Waals surface area contributed by atoms with E-state index >= 15 is 0 Å². The van der Waals surface area contributed by atoms with E-state index < -0.39 is 30.6 Å². The molecule has 190 valence electrons. The van der Waals surface area contributed by atoms with Gasteiger partial charge in [-0.1, -0.05) is 42.5 Å². The first-order chi connectivity index (χ1) is 17.5. The van der Waals surface area contributed by atoms with Crippen LogP contribution in [-0.4, -0.2) is 78.8 Å². The smallest absolute Gasteiger partial charge is 0.410 e. The number of fused-ring (bicyclic) bond motifs is 1. The quantitative estimate of drug-likeness (QED) is 0.516. The fourth-order valence-electron chi connectivity index (χ4n) is 4.08. The van der Waals surface area contributed by atoms with Gasteiger partial charge in [0, 0.05) is 31.6 Å². The molecule has 1 aliphatic heterocycles. The van der Waals surface area contributed by atoms with Crippen molar-refractivity contribution in [1.29, 1.82) is 0 Å². The third-order valence-corrected chi connectivity index (χ3v) is 6.01. The number of aliphatic hydroxyl groups is 1. The zero-order valence-corrected chi connectivity index (χ0v) is 20.0. The van der Waals surface area contributed by atoms with Crippen LogP contribution < -0.4 is 10.1 Å². The number of benzene rings is 2. The number of nitrogens with one attached hydrogen (secondary N) is 1. The molecule has 1 aliphatic rings. The van der Waals surface area contributed by atoms with E-state index in [1.807, 2.05) is 30.3 Å². The van der Waals surface area contributed by atoms with Gasteiger partial charge in [0.1, 0.15) is 12.6 Å². The normalized spacial score (nSPS) is 14.7. The SMILES string of the molecule is COc1cccc2cc(C(=O)N[C@@H](CO)C(=O)N3CCCN(C(=O)OCc4ccccc4)CC3)oc12. The van der Waals surface area contributed by atoms with E-state index in [-0.39, 0.29) is 25.5 Å². The number of amides is 3. The van der Waals surface area contributed by atoms with Gasteiger partial charge >= 0.3 is 6.09 Å². The fourth-order valence-corrected chi connectivity index (χ4v) is 4.08. The lowest BCUT2D eigenvalue weighted by Gasteiger charge is -2.25. The minimum atomic E-state index is -1.15. The highest BCUT2D eigenvalue weighted by atomic mass is 16.6. The molecular formula is C26H29N3O7. The molecular weight excluding hydrogens is 466 g/mol. The molecule has 0 saturated carbocycles. The van der Waals surface area contributed by atoms with E-state index in [9.17, 15) is 19.5 Å². The van der Waals surface area contributed by atoms with Gasteiger partial charge in [-0.2, -0.15) is 0 Å². The van der Waals surface area contributed by atoms with Gasteiger partial charge in [0.15, 0.2) is 17.1 Å². The number of para-hydroxylation sites is 1. The molecule has 0 spiro atoms. The van der Waals surface area contributed by atoms with Crippen LogP contribution in [-0.2, 0) is 16.1 Å². The Morgan fingerprint density at radius 2 is 1.78 bits per heavy atom. The Morgan fingerprint density at radius 3 is 2.53 bits per heavy atom. The summed E-state index contributed by atoms with van der Waals surface area (Å²) in [7, 11) is 1.50. The summed E-state index contributed by atoms with van der Waals surface area (Å²) >= 11 is 0. The number of carbonyl (C=O) groups excluding carboxylic acids is 3. The highest BCUT2D eigenvalue weighted by Gasteiger charge is 2.29. The Kier molecular flexibility index (Phi) is 8.06. The Morgan fingerprint density at radius 1 is 1.03 bits per heavy atom. The number of rotatable bonds is 7. The van der Waals surface area contributed by atoms with E-state index in [0.29, 0.717) is 36.2 Å². The van der Waals surface area contributed by atoms with Crippen molar-refractivity contribution in [2.24, 2.45) is 0 Å². The summed E-state index contributed by atoms with van der Waals surface area (Å²) < 4.78 is 16.3. The number of aliphatic hydroxyl groups excluding tert-OH is 1. The molecule has 3 aromatic rings. The minimum absolute atomic E-state index is 0.00366. The maximum absolute atomic E-state index is 13.1. The number of carbonyl (C=O) groups is 3.